The molecule has 0 saturated carbocycles. The van der Waals surface area contributed by atoms with Crippen molar-refractivity contribution >= 4 is 28.1 Å². The smallest absolute Gasteiger partial charge is 0.251 e. The summed E-state index contributed by atoms with van der Waals surface area (Å²) < 4.78 is 0. The first-order valence-electron chi connectivity index (χ1n) is 6.44. The minimum atomic E-state index is -0.0694. The number of carbonyl (C=O) groups excluding carboxylic acids is 1. The fraction of sp³-hybridized carbons (Fsp3) is 0.200. The molecule has 0 aliphatic carbocycles. The number of aromatic nitrogens is 2. The van der Waals surface area contributed by atoms with E-state index in [-0.39, 0.29) is 11.9 Å². The molecular weight excluding hydrogens is 270 g/mol. The van der Waals surface area contributed by atoms with Gasteiger partial charge >= 0.3 is 0 Å². The summed E-state index contributed by atoms with van der Waals surface area (Å²) in [7, 11) is 0. The Balaban J connectivity index is 1.78. The summed E-state index contributed by atoms with van der Waals surface area (Å²) in [4.78, 5) is 14.7. The molecule has 0 aliphatic rings. The van der Waals surface area contributed by atoms with Crippen molar-refractivity contribution in [1.29, 1.82) is 0 Å². The highest BCUT2D eigenvalue weighted by molar-refractivity contribution is 7.12. The number of nitrogens with zero attached hydrogens (tertiary/aromatic N) is 1. The number of amides is 1. The lowest BCUT2D eigenvalue weighted by Crippen LogP contribution is -2.26. The third-order valence-electron chi connectivity index (χ3n) is 3.24. The molecule has 2 N–H and O–H groups in total. The van der Waals surface area contributed by atoms with Gasteiger partial charge in [-0.25, -0.2) is 0 Å². The molecule has 0 fully saturated rings. The molecule has 1 aromatic carbocycles. The van der Waals surface area contributed by atoms with Crippen molar-refractivity contribution < 1.29 is 4.79 Å². The number of aryl methyl sites for hydroxylation is 1. The minimum absolute atomic E-state index is 0.0127. The van der Waals surface area contributed by atoms with Crippen molar-refractivity contribution in [1.82, 2.24) is 15.5 Å². The van der Waals surface area contributed by atoms with Crippen LogP contribution >= 0.6 is 11.3 Å². The highest BCUT2D eigenvalue weighted by Gasteiger charge is 2.13. The van der Waals surface area contributed by atoms with Crippen molar-refractivity contribution in [3.63, 3.8) is 0 Å². The quantitative estimate of drug-likeness (QED) is 0.774. The molecule has 0 aliphatic heterocycles. The summed E-state index contributed by atoms with van der Waals surface area (Å²) in [5, 5.41) is 10.9. The van der Waals surface area contributed by atoms with Crippen LogP contribution in [-0.4, -0.2) is 16.1 Å². The average Bonchev–Trinajstić information content (AvgIpc) is 3.05. The zero-order valence-corrected chi connectivity index (χ0v) is 12.1. The van der Waals surface area contributed by atoms with Crippen LogP contribution in [0.15, 0.2) is 36.5 Å². The van der Waals surface area contributed by atoms with Crippen LogP contribution in [0.4, 0.5) is 0 Å². The van der Waals surface area contributed by atoms with Gasteiger partial charge in [-0.2, -0.15) is 5.10 Å². The molecule has 20 heavy (non-hydrogen) atoms. The maximum atomic E-state index is 12.3. The van der Waals surface area contributed by atoms with Gasteiger partial charge in [-0.3, -0.25) is 9.89 Å². The molecule has 1 atom stereocenters. The zero-order chi connectivity index (χ0) is 14.1. The Morgan fingerprint density at radius 3 is 2.95 bits per heavy atom. The number of fused-ring (bicyclic) bond motifs is 1. The highest BCUT2D eigenvalue weighted by Crippen LogP contribution is 2.22. The normalized spacial score (nSPS) is 12.5. The number of rotatable bonds is 3. The predicted octanol–water partition coefficient (Wildman–Crippen LogP) is 3.42. The third-order valence-corrected chi connectivity index (χ3v) is 4.42. The molecule has 5 heteroatoms. The van der Waals surface area contributed by atoms with E-state index in [1.165, 1.54) is 9.75 Å². The van der Waals surface area contributed by atoms with Gasteiger partial charge in [-0.1, -0.05) is 6.07 Å². The Hall–Kier alpha value is -2.14. The van der Waals surface area contributed by atoms with E-state index in [1.807, 2.05) is 25.1 Å². The maximum absolute atomic E-state index is 12.3. The number of nitrogens with one attached hydrogen (secondary N) is 2. The molecule has 1 amide bonds. The average molecular weight is 285 g/mol. The molecule has 2 aromatic heterocycles. The molecule has 1 unspecified atom stereocenters. The Morgan fingerprint density at radius 2 is 2.20 bits per heavy atom. The Morgan fingerprint density at radius 1 is 1.35 bits per heavy atom. The van der Waals surface area contributed by atoms with Crippen LogP contribution in [0.25, 0.3) is 10.9 Å². The summed E-state index contributed by atoms with van der Waals surface area (Å²) in [6.07, 6.45) is 1.74. The van der Waals surface area contributed by atoms with E-state index in [0.717, 1.165) is 10.9 Å². The van der Waals surface area contributed by atoms with Gasteiger partial charge in [0.15, 0.2) is 0 Å². The molecule has 0 bridgehead atoms. The molecule has 2 heterocycles. The summed E-state index contributed by atoms with van der Waals surface area (Å²) in [5.41, 5.74) is 1.51. The van der Waals surface area contributed by atoms with Crippen molar-refractivity contribution in [2.24, 2.45) is 0 Å². The second-order valence-corrected chi connectivity index (χ2v) is 6.14. The van der Waals surface area contributed by atoms with Crippen LogP contribution in [0.2, 0.25) is 0 Å². The van der Waals surface area contributed by atoms with Gasteiger partial charge in [-0.05, 0) is 38.1 Å². The molecule has 4 nitrogen and oxygen atoms in total. The van der Waals surface area contributed by atoms with E-state index >= 15 is 0 Å². The first-order valence-corrected chi connectivity index (χ1v) is 7.25. The van der Waals surface area contributed by atoms with Gasteiger partial charge in [0.1, 0.15) is 0 Å². The van der Waals surface area contributed by atoms with Gasteiger partial charge in [0.25, 0.3) is 5.91 Å². The van der Waals surface area contributed by atoms with Crippen LogP contribution < -0.4 is 5.32 Å². The van der Waals surface area contributed by atoms with E-state index in [0.29, 0.717) is 5.56 Å². The van der Waals surface area contributed by atoms with Gasteiger partial charge < -0.3 is 5.32 Å². The lowest BCUT2D eigenvalue weighted by atomic mass is 10.1. The maximum Gasteiger partial charge on any atom is 0.251 e. The molecule has 3 aromatic rings. The zero-order valence-electron chi connectivity index (χ0n) is 11.3. The lowest BCUT2D eigenvalue weighted by molar-refractivity contribution is 0.0940. The fourth-order valence-electron chi connectivity index (χ4n) is 2.12. The van der Waals surface area contributed by atoms with Crippen LogP contribution in [0.5, 0.6) is 0 Å². The number of benzene rings is 1. The van der Waals surface area contributed by atoms with Crippen LogP contribution in [-0.2, 0) is 0 Å². The van der Waals surface area contributed by atoms with E-state index < -0.39 is 0 Å². The number of H-pyrrole nitrogens is 1. The van der Waals surface area contributed by atoms with E-state index in [2.05, 4.69) is 34.6 Å². The summed E-state index contributed by atoms with van der Waals surface area (Å²) in [6, 6.07) is 9.68. The predicted molar refractivity (Wildman–Crippen MR) is 81.0 cm³/mol. The van der Waals surface area contributed by atoms with E-state index in [1.54, 1.807) is 17.5 Å². The first-order chi connectivity index (χ1) is 9.63. The molecule has 0 saturated heterocycles. The second-order valence-electron chi connectivity index (χ2n) is 4.82. The Kier molecular flexibility index (Phi) is 3.28. The van der Waals surface area contributed by atoms with Gasteiger partial charge in [-0.15, -0.1) is 11.3 Å². The number of thiophene rings is 1. The Labute approximate surface area is 120 Å². The SMILES string of the molecule is Cc1ccc(C(C)NC(=O)c2ccc3cn[nH]c3c2)s1. The van der Waals surface area contributed by atoms with Crippen molar-refractivity contribution in [3.05, 3.63) is 51.8 Å². The van der Waals surface area contributed by atoms with Gasteiger partial charge in [0, 0.05) is 20.7 Å². The van der Waals surface area contributed by atoms with Crippen LogP contribution in [0, 0.1) is 6.92 Å². The largest absolute Gasteiger partial charge is 0.345 e. The van der Waals surface area contributed by atoms with Crippen molar-refractivity contribution in [2.75, 3.05) is 0 Å². The number of carbonyl (C=O) groups is 1. The monoisotopic (exact) mass is 285 g/mol. The number of hydrogen-bond acceptors (Lipinski definition) is 3. The van der Waals surface area contributed by atoms with E-state index in [9.17, 15) is 4.79 Å². The van der Waals surface area contributed by atoms with Gasteiger partial charge in [0.2, 0.25) is 0 Å². The standard InChI is InChI=1S/C15H15N3OS/c1-9-3-6-14(20-9)10(2)17-15(19)11-4-5-12-8-16-18-13(12)7-11/h3-8,10H,1-2H3,(H,16,18)(H,17,19). The van der Waals surface area contributed by atoms with Crippen LogP contribution in [0.1, 0.15) is 33.1 Å². The molecule has 0 spiro atoms. The molecule has 0 radical (unpaired) electrons. The summed E-state index contributed by atoms with van der Waals surface area (Å²) in [5.74, 6) is -0.0694. The van der Waals surface area contributed by atoms with Crippen molar-refractivity contribution in [3.8, 4) is 0 Å². The molecule has 102 valence electrons. The summed E-state index contributed by atoms with van der Waals surface area (Å²) in [6.45, 7) is 4.06. The van der Waals surface area contributed by atoms with Crippen LogP contribution in [0.3, 0.4) is 0 Å². The highest BCUT2D eigenvalue weighted by atomic mass is 32.1. The van der Waals surface area contributed by atoms with E-state index in [4.69, 9.17) is 0 Å². The number of aromatic amines is 1. The lowest BCUT2D eigenvalue weighted by Gasteiger charge is -2.12. The summed E-state index contributed by atoms with van der Waals surface area (Å²) >= 11 is 1.71. The first kappa shape index (κ1) is 12.9. The third kappa shape index (κ3) is 2.44. The molecular formula is C15H15N3OS. The second kappa shape index (κ2) is 5.09. The fourth-order valence-corrected chi connectivity index (χ4v) is 3.00. The van der Waals surface area contributed by atoms with Gasteiger partial charge in [0.05, 0.1) is 17.8 Å². The minimum Gasteiger partial charge on any atom is -0.345 e. The van der Waals surface area contributed by atoms with Crippen molar-refractivity contribution in [2.45, 2.75) is 19.9 Å². The molecule has 3 rings (SSSR count). The topological polar surface area (TPSA) is 57.8 Å². The number of hydrogen-bond donors (Lipinski definition) is 2. The Bertz CT molecular complexity index is 759.